The summed E-state index contributed by atoms with van der Waals surface area (Å²) in [5, 5.41) is 3.34. The molecule has 2 aromatic rings. The van der Waals surface area contributed by atoms with Gasteiger partial charge in [-0.2, -0.15) is 0 Å². The molecule has 0 saturated heterocycles. The van der Waals surface area contributed by atoms with E-state index in [1.165, 1.54) is 17.8 Å². The van der Waals surface area contributed by atoms with E-state index in [0.717, 1.165) is 31.1 Å². The summed E-state index contributed by atoms with van der Waals surface area (Å²) >= 11 is 6.18. The summed E-state index contributed by atoms with van der Waals surface area (Å²) < 4.78 is 31.2. The number of sulfonamides is 1. The topological polar surface area (TPSA) is 75.7 Å². The second-order valence-corrected chi connectivity index (χ2v) is 10.2. The number of halogens is 1. The van der Waals surface area contributed by atoms with Gasteiger partial charge in [-0.05, 0) is 48.2 Å². The van der Waals surface area contributed by atoms with Crippen LogP contribution in [0.5, 0.6) is 5.75 Å². The first-order valence-electron chi connectivity index (χ1n) is 10.9. The minimum absolute atomic E-state index is 0.117. The second kappa shape index (κ2) is 12.1. The molecule has 0 fully saturated rings. The molecule has 32 heavy (non-hydrogen) atoms. The van der Waals surface area contributed by atoms with Crippen LogP contribution in [-0.4, -0.2) is 34.2 Å². The molecule has 6 nitrogen and oxygen atoms in total. The Hall–Kier alpha value is -2.25. The lowest BCUT2D eigenvalue weighted by molar-refractivity contribution is 0.0946. The molecule has 8 heteroatoms. The van der Waals surface area contributed by atoms with E-state index in [1.54, 1.807) is 42.5 Å². The van der Waals surface area contributed by atoms with E-state index in [4.69, 9.17) is 16.3 Å². The van der Waals surface area contributed by atoms with Crippen LogP contribution in [0.1, 0.15) is 55.5 Å². The molecule has 0 aromatic heterocycles. The number of hydrogen-bond acceptors (Lipinski definition) is 4. The van der Waals surface area contributed by atoms with Crippen LogP contribution in [0.3, 0.4) is 0 Å². The number of methoxy groups -OCH3 is 1. The van der Waals surface area contributed by atoms with Crippen molar-refractivity contribution in [2.75, 3.05) is 24.2 Å². The van der Waals surface area contributed by atoms with Gasteiger partial charge in [0.2, 0.25) is 10.0 Å². The van der Waals surface area contributed by atoms with Crippen molar-refractivity contribution in [3.8, 4) is 5.75 Å². The van der Waals surface area contributed by atoms with Crippen LogP contribution in [0.2, 0.25) is 5.02 Å². The van der Waals surface area contributed by atoms with Crippen molar-refractivity contribution >= 4 is 33.2 Å². The van der Waals surface area contributed by atoms with E-state index in [2.05, 4.69) is 19.2 Å². The number of carbonyl (C=O) groups excluding carboxylic acids is 1. The van der Waals surface area contributed by atoms with Gasteiger partial charge in [-0.25, -0.2) is 8.42 Å². The van der Waals surface area contributed by atoms with Crippen LogP contribution in [0, 0.1) is 5.92 Å². The maximum absolute atomic E-state index is 12.5. The maximum atomic E-state index is 12.5. The third kappa shape index (κ3) is 7.41. The second-order valence-electron chi connectivity index (χ2n) is 7.91. The van der Waals surface area contributed by atoms with E-state index in [1.807, 2.05) is 0 Å². The van der Waals surface area contributed by atoms with Crippen LogP contribution < -0.4 is 14.4 Å². The summed E-state index contributed by atoms with van der Waals surface area (Å²) in [6.45, 7) is 5.10. The van der Waals surface area contributed by atoms with Crippen LogP contribution in [-0.2, 0) is 16.6 Å². The first-order chi connectivity index (χ1) is 15.2. The van der Waals surface area contributed by atoms with E-state index >= 15 is 0 Å². The molecular weight excluding hydrogens is 448 g/mol. The number of ether oxygens (including phenoxy) is 1. The highest BCUT2D eigenvalue weighted by molar-refractivity contribution is 7.92. The SMILES string of the molecule is CCCCC(CC)CNC(=O)c1ccc(CN(c2ccc(OC)c(Cl)c2)S(C)(=O)=O)cc1. The summed E-state index contributed by atoms with van der Waals surface area (Å²) in [5.74, 6) is 0.838. The Bertz CT molecular complexity index is 994. The Balaban J connectivity index is 2.10. The average molecular weight is 481 g/mol. The molecule has 0 radical (unpaired) electrons. The number of nitrogens with zero attached hydrogens (tertiary/aromatic N) is 1. The molecule has 0 heterocycles. The zero-order valence-corrected chi connectivity index (χ0v) is 20.8. The van der Waals surface area contributed by atoms with E-state index in [-0.39, 0.29) is 12.5 Å². The number of anilines is 1. The molecular formula is C24H33ClN2O4S. The van der Waals surface area contributed by atoms with Gasteiger partial charge in [0.1, 0.15) is 5.75 Å². The molecule has 0 bridgehead atoms. The Labute approximate surface area is 197 Å². The lowest BCUT2D eigenvalue weighted by Gasteiger charge is -2.23. The predicted molar refractivity (Wildman–Crippen MR) is 131 cm³/mol. The lowest BCUT2D eigenvalue weighted by atomic mass is 9.99. The van der Waals surface area contributed by atoms with Gasteiger partial charge in [-0.3, -0.25) is 9.10 Å². The monoisotopic (exact) mass is 480 g/mol. The fourth-order valence-electron chi connectivity index (χ4n) is 3.42. The van der Waals surface area contributed by atoms with E-state index in [0.29, 0.717) is 34.5 Å². The Morgan fingerprint density at radius 3 is 2.38 bits per heavy atom. The van der Waals surface area contributed by atoms with Crippen molar-refractivity contribution < 1.29 is 17.9 Å². The Morgan fingerprint density at radius 2 is 1.84 bits per heavy atom. The van der Waals surface area contributed by atoms with Crippen LogP contribution in [0.15, 0.2) is 42.5 Å². The molecule has 2 rings (SSSR count). The number of hydrogen-bond donors (Lipinski definition) is 1. The molecule has 1 atom stereocenters. The standard InChI is InChI=1S/C24H33ClN2O4S/c1-5-7-8-18(6-2)16-26-24(28)20-11-9-19(10-12-20)17-27(32(4,29)30)21-13-14-23(31-3)22(25)15-21/h9-15,18H,5-8,16-17H2,1-4H3,(H,26,28). The van der Waals surface area contributed by atoms with Crippen LogP contribution >= 0.6 is 11.6 Å². The van der Waals surface area contributed by atoms with Gasteiger partial charge in [0.15, 0.2) is 0 Å². The normalized spacial score (nSPS) is 12.3. The number of nitrogens with one attached hydrogen (secondary N) is 1. The molecule has 176 valence electrons. The van der Waals surface area contributed by atoms with Gasteiger partial charge in [-0.15, -0.1) is 0 Å². The Kier molecular flexibility index (Phi) is 9.84. The quantitative estimate of drug-likeness (QED) is 0.449. The van der Waals surface area contributed by atoms with Gasteiger partial charge < -0.3 is 10.1 Å². The molecule has 0 saturated carbocycles. The lowest BCUT2D eigenvalue weighted by Crippen LogP contribution is -2.30. The fraction of sp³-hybridized carbons (Fsp3) is 0.458. The van der Waals surface area contributed by atoms with Crippen molar-refractivity contribution in [2.24, 2.45) is 5.92 Å². The van der Waals surface area contributed by atoms with Crippen LogP contribution in [0.25, 0.3) is 0 Å². The minimum atomic E-state index is -3.55. The summed E-state index contributed by atoms with van der Waals surface area (Å²) in [7, 11) is -2.05. The molecule has 1 N–H and O–H groups in total. The van der Waals surface area contributed by atoms with Crippen molar-refractivity contribution in [1.82, 2.24) is 5.32 Å². The van der Waals surface area contributed by atoms with Gasteiger partial charge in [0.25, 0.3) is 5.91 Å². The van der Waals surface area contributed by atoms with Gasteiger partial charge in [0, 0.05) is 12.1 Å². The molecule has 0 aliphatic carbocycles. The van der Waals surface area contributed by atoms with Gasteiger partial charge in [-0.1, -0.05) is 56.8 Å². The predicted octanol–water partition coefficient (Wildman–Crippen LogP) is 5.26. The third-order valence-electron chi connectivity index (χ3n) is 5.46. The summed E-state index contributed by atoms with van der Waals surface area (Å²) in [5.41, 5.74) is 1.75. The molecule has 2 aromatic carbocycles. The maximum Gasteiger partial charge on any atom is 0.251 e. The molecule has 0 aliphatic heterocycles. The highest BCUT2D eigenvalue weighted by atomic mass is 35.5. The van der Waals surface area contributed by atoms with E-state index < -0.39 is 10.0 Å². The molecule has 1 amide bonds. The first-order valence-corrected chi connectivity index (χ1v) is 13.1. The van der Waals surface area contributed by atoms with E-state index in [9.17, 15) is 13.2 Å². The summed E-state index contributed by atoms with van der Waals surface area (Å²) in [6.07, 6.45) is 5.62. The largest absolute Gasteiger partial charge is 0.495 e. The zero-order valence-electron chi connectivity index (χ0n) is 19.2. The molecule has 0 spiro atoms. The molecule has 1 unspecified atom stereocenters. The smallest absolute Gasteiger partial charge is 0.251 e. The average Bonchev–Trinajstić information content (AvgIpc) is 2.77. The summed E-state index contributed by atoms with van der Waals surface area (Å²) in [4.78, 5) is 12.5. The Morgan fingerprint density at radius 1 is 1.16 bits per heavy atom. The first kappa shape index (κ1) is 26.0. The van der Waals surface area contributed by atoms with Gasteiger partial charge >= 0.3 is 0 Å². The molecule has 0 aliphatic rings. The van der Waals surface area contributed by atoms with Crippen molar-refractivity contribution in [3.05, 3.63) is 58.6 Å². The van der Waals surface area contributed by atoms with Gasteiger partial charge in [0.05, 0.1) is 30.6 Å². The number of carbonyl (C=O) groups is 1. The highest BCUT2D eigenvalue weighted by Gasteiger charge is 2.19. The number of amides is 1. The minimum Gasteiger partial charge on any atom is -0.495 e. The van der Waals surface area contributed by atoms with Crippen LogP contribution in [0.4, 0.5) is 5.69 Å². The number of benzene rings is 2. The van der Waals surface area contributed by atoms with Crippen molar-refractivity contribution in [1.29, 1.82) is 0 Å². The highest BCUT2D eigenvalue weighted by Crippen LogP contribution is 2.31. The third-order valence-corrected chi connectivity index (χ3v) is 6.90. The zero-order chi connectivity index (χ0) is 23.7. The number of rotatable bonds is 12. The van der Waals surface area contributed by atoms with Crippen molar-refractivity contribution in [2.45, 2.75) is 46.1 Å². The van der Waals surface area contributed by atoms with Crippen molar-refractivity contribution in [3.63, 3.8) is 0 Å². The fourth-order valence-corrected chi connectivity index (χ4v) is 4.55. The number of unbranched alkanes of at least 4 members (excludes halogenated alkanes) is 1. The summed E-state index contributed by atoms with van der Waals surface area (Å²) in [6, 6.07) is 11.8.